The monoisotopic (exact) mass is 852 g/mol. The summed E-state index contributed by atoms with van der Waals surface area (Å²) in [6, 6.07) is 29.2. The summed E-state index contributed by atoms with van der Waals surface area (Å²) >= 11 is 5.59. The van der Waals surface area contributed by atoms with Crippen LogP contribution in [0.4, 0.5) is 5.69 Å². The lowest BCUT2D eigenvalue weighted by atomic mass is 9.98. The third-order valence-electron chi connectivity index (χ3n) is 10.8. The van der Waals surface area contributed by atoms with E-state index in [9.17, 15) is 4.79 Å². The van der Waals surface area contributed by atoms with E-state index in [0.29, 0.717) is 43.8 Å². The van der Waals surface area contributed by atoms with E-state index in [4.69, 9.17) is 19.3 Å². The van der Waals surface area contributed by atoms with Gasteiger partial charge >= 0.3 is 5.97 Å². The van der Waals surface area contributed by atoms with Gasteiger partial charge in [0.1, 0.15) is 29.5 Å². The molecule has 1 N–H and O–H groups in total. The Hall–Kier alpha value is -4.49. The van der Waals surface area contributed by atoms with Crippen LogP contribution in [-0.2, 0) is 36.7 Å². The number of hydrogen-bond donors (Lipinski definition) is 1. The number of esters is 1. The van der Waals surface area contributed by atoms with Crippen LogP contribution in [0.1, 0.15) is 47.2 Å². The van der Waals surface area contributed by atoms with Gasteiger partial charge < -0.3 is 29.0 Å². The zero-order chi connectivity index (χ0) is 39.7. The first-order valence-electron chi connectivity index (χ1n) is 19.9. The fraction of sp³-hybridized carbons (Fsp3) is 0.378. The number of carbonyl (C=O) groups excluding carboxylic acids is 1. The number of carbonyl (C=O) groups is 1. The van der Waals surface area contributed by atoms with Crippen LogP contribution in [0, 0.1) is 0 Å². The molecule has 0 unspecified atom stereocenters. The second-order valence-electron chi connectivity index (χ2n) is 14.2. The van der Waals surface area contributed by atoms with Crippen molar-refractivity contribution < 1.29 is 19.0 Å². The highest BCUT2D eigenvalue weighted by atomic mass is 79.9. The number of nitrogens with one attached hydrogen (secondary N) is 1. The van der Waals surface area contributed by atoms with Gasteiger partial charge in [-0.05, 0) is 87.3 Å². The lowest BCUT2D eigenvalue weighted by Gasteiger charge is -2.34. The Kier molecular flexibility index (Phi) is 13.8. The average molecular weight is 854 g/mol. The third-order valence-corrected chi connectivity index (χ3v) is 12.2. The van der Waals surface area contributed by atoms with Crippen LogP contribution in [0.5, 0.6) is 11.5 Å². The van der Waals surface area contributed by atoms with Crippen molar-refractivity contribution in [1.29, 1.82) is 0 Å². The first kappa shape index (κ1) is 40.7. The molecular formula is C45H53BrN6O4S. The summed E-state index contributed by atoms with van der Waals surface area (Å²) in [4.78, 5) is 16.4. The van der Waals surface area contributed by atoms with Crippen molar-refractivity contribution in [2.45, 2.75) is 44.7 Å². The van der Waals surface area contributed by atoms with E-state index in [-0.39, 0.29) is 5.97 Å². The topological polar surface area (TPSA) is 86.0 Å². The summed E-state index contributed by atoms with van der Waals surface area (Å²) in [5.74, 6) is 1.36. The Labute approximate surface area is 348 Å². The summed E-state index contributed by atoms with van der Waals surface area (Å²) in [5, 5.41) is 12.2. The molecule has 1 aliphatic rings. The molecule has 0 saturated carbocycles. The van der Waals surface area contributed by atoms with E-state index >= 15 is 0 Å². The van der Waals surface area contributed by atoms with Crippen molar-refractivity contribution >= 4 is 61.2 Å². The summed E-state index contributed by atoms with van der Waals surface area (Å²) in [5.41, 5.74) is 7.70. The van der Waals surface area contributed by atoms with Gasteiger partial charge in [-0.25, -0.2) is 9.10 Å². The number of aryl methyl sites for hydroxylation is 3. The first-order chi connectivity index (χ1) is 27.9. The van der Waals surface area contributed by atoms with Crippen molar-refractivity contribution in [2.24, 2.45) is 7.05 Å². The van der Waals surface area contributed by atoms with Crippen molar-refractivity contribution in [1.82, 2.24) is 24.0 Å². The molecule has 4 aromatic carbocycles. The Bertz CT molecular complexity index is 2280. The smallest absolute Gasteiger partial charge is 0.355 e. The van der Waals surface area contributed by atoms with Crippen LogP contribution >= 0.6 is 27.9 Å². The molecule has 57 heavy (non-hydrogen) atoms. The van der Waals surface area contributed by atoms with Crippen LogP contribution in [0.25, 0.3) is 32.8 Å². The number of hydrogen-bond acceptors (Lipinski definition) is 9. The third kappa shape index (κ3) is 8.99. The molecule has 2 aromatic heterocycles. The molecule has 12 heteroatoms. The minimum atomic E-state index is -0.306. The number of piperazine rings is 1. The number of ether oxygens (including phenoxy) is 3. The quantitative estimate of drug-likeness (QED) is 0.0395. The molecule has 10 nitrogen and oxygen atoms in total. The predicted octanol–water partition coefficient (Wildman–Crippen LogP) is 8.87. The molecule has 6 aromatic rings. The van der Waals surface area contributed by atoms with E-state index < -0.39 is 0 Å². The highest BCUT2D eigenvalue weighted by Crippen LogP contribution is 2.40. The largest absolute Gasteiger partial charge is 0.493 e. The Morgan fingerprint density at radius 3 is 2.42 bits per heavy atom. The summed E-state index contributed by atoms with van der Waals surface area (Å²) in [6.45, 7) is 8.52. The van der Waals surface area contributed by atoms with Gasteiger partial charge in [0.05, 0.1) is 24.4 Å². The minimum absolute atomic E-state index is 0.292. The van der Waals surface area contributed by atoms with E-state index in [1.54, 1.807) is 0 Å². The Balaban J connectivity index is 1.22. The van der Waals surface area contributed by atoms with Gasteiger partial charge in [0.15, 0.2) is 0 Å². The Morgan fingerprint density at radius 2 is 1.67 bits per heavy atom. The summed E-state index contributed by atoms with van der Waals surface area (Å²) < 4.78 is 25.1. The van der Waals surface area contributed by atoms with E-state index in [1.165, 1.54) is 5.69 Å². The SMILES string of the molecule is CCOC(=O)c1c(CCCOc2cccc3ccccc23)c2cccc(-c3c(COc4ccc(N5CCN(SC)CC5)cc4)nn(C)c3CBr)c2n1CCCNC. The molecule has 300 valence electrons. The maximum Gasteiger partial charge on any atom is 0.355 e. The molecule has 0 aliphatic carbocycles. The second kappa shape index (κ2) is 19.3. The van der Waals surface area contributed by atoms with Gasteiger partial charge in [-0.2, -0.15) is 5.10 Å². The molecule has 3 heterocycles. The maximum absolute atomic E-state index is 14.0. The number of nitrogens with zero attached hydrogens (tertiary/aromatic N) is 5. The van der Waals surface area contributed by atoms with E-state index in [1.807, 2.05) is 61.9 Å². The van der Waals surface area contributed by atoms with Crippen LogP contribution in [-0.4, -0.2) is 83.9 Å². The van der Waals surface area contributed by atoms with E-state index in [0.717, 1.165) is 107 Å². The number of benzene rings is 4. The van der Waals surface area contributed by atoms with E-state index in [2.05, 4.69) is 102 Å². The van der Waals surface area contributed by atoms with Gasteiger partial charge in [0.25, 0.3) is 0 Å². The fourth-order valence-corrected chi connectivity index (χ4v) is 9.15. The fourth-order valence-electron chi connectivity index (χ4n) is 7.98. The molecule has 7 rings (SSSR count). The van der Waals surface area contributed by atoms with Gasteiger partial charge in [-0.3, -0.25) is 4.68 Å². The molecule has 0 bridgehead atoms. The molecule has 0 radical (unpaired) electrons. The van der Waals surface area contributed by atoms with Crippen molar-refractivity contribution in [3.8, 4) is 22.6 Å². The standard InChI is InChI=1S/C45H53BrN6O4S/c1-5-54-45(53)44-37(17-10-29-55-41-18-8-13-32-12-6-7-14-35(32)41)36-15-9-16-38(43(36)52(44)24-11-23-47-2)42-39(48-49(3)40(42)30-46)31-56-34-21-19-33(20-22-34)50-25-27-51(57-4)28-26-50/h6-9,12-16,18-22,47H,5,10-11,17,23-31H2,1-4H3. The van der Waals surface area contributed by atoms with Crippen LogP contribution < -0.4 is 19.7 Å². The van der Waals surface area contributed by atoms with Crippen LogP contribution in [0.15, 0.2) is 84.9 Å². The lowest BCUT2D eigenvalue weighted by molar-refractivity contribution is 0.0512. The maximum atomic E-state index is 14.0. The average Bonchev–Trinajstić information content (AvgIpc) is 3.75. The lowest BCUT2D eigenvalue weighted by Crippen LogP contribution is -2.43. The van der Waals surface area contributed by atoms with Crippen LogP contribution in [0.3, 0.4) is 0 Å². The molecule has 1 fully saturated rings. The molecule has 0 amide bonds. The molecular weight excluding hydrogens is 801 g/mol. The van der Waals surface area contributed by atoms with Crippen molar-refractivity contribution in [3.05, 3.63) is 108 Å². The summed E-state index contributed by atoms with van der Waals surface area (Å²) in [6.07, 6.45) is 4.35. The number of alkyl halides is 1. The molecule has 0 atom stereocenters. The van der Waals surface area contributed by atoms with Gasteiger partial charge in [-0.15, -0.1) is 0 Å². The highest BCUT2D eigenvalue weighted by Gasteiger charge is 2.28. The number of aromatic nitrogens is 3. The molecule has 1 saturated heterocycles. The van der Waals surface area contributed by atoms with Crippen LogP contribution in [0.2, 0.25) is 0 Å². The predicted molar refractivity (Wildman–Crippen MR) is 237 cm³/mol. The normalized spacial score (nSPS) is 13.5. The zero-order valence-corrected chi connectivity index (χ0v) is 35.8. The number of para-hydroxylation sites is 1. The molecule has 1 aliphatic heterocycles. The number of anilines is 1. The minimum Gasteiger partial charge on any atom is -0.493 e. The van der Waals surface area contributed by atoms with Crippen molar-refractivity contribution in [2.75, 3.05) is 64.1 Å². The molecule has 0 spiro atoms. The van der Waals surface area contributed by atoms with Gasteiger partial charge in [-0.1, -0.05) is 82.5 Å². The van der Waals surface area contributed by atoms with Gasteiger partial charge in [0, 0.05) is 72.7 Å². The number of rotatable bonds is 18. The van der Waals surface area contributed by atoms with Crippen molar-refractivity contribution in [3.63, 3.8) is 0 Å². The number of fused-ring (bicyclic) bond motifs is 2. The Morgan fingerprint density at radius 1 is 0.912 bits per heavy atom. The zero-order valence-electron chi connectivity index (χ0n) is 33.4. The number of halogens is 1. The highest BCUT2D eigenvalue weighted by molar-refractivity contribution is 9.08. The summed E-state index contributed by atoms with van der Waals surface area (Å²) in [7, 11) is 3.93. The first-order valence-corrected chi connectivity index (χ1v) is 22.2. The second-order valence-corrected chi connectivity index (χ2v) is 15.6. The van der Waals surface area contributed by atoms with Gasteiger partial charge in [0.2, 0.25) is 0 Å².